The fourth-order valence-corrected chi connectivity index (χ4v) is 2.82. The van der Waals surface area contributed by atoms with Crippen LogP contribution in [0.1, 0.15) is 15.9 Å². The molecule has 0 aliphatic rings. The van der Waals surface area contributed by atoms with E-state index in [1.165, 1.54) is 5.56 Å². The van der Waals surface area contributed by atoms with Crippen LogP contribution < -0.4 is 5.32 Å². The molecule has 2 aromatic carbocycles. The Kier molecular flexibility index (Phi) is 3.27. The van der Waals surface area contributed by atoms with E-state index >= 15 is 0 Å². The summed E-state index contributed by atoms with van der Waals surface area (Å²) in [7, 11) is 1.83. The summed E-state index contributed by atoms with van der Waals surface area (Å²) in [6, 6.07) is 17.2. The molecule has 118 valence electrons. The van der Waals surface area contributed by atoms with Crippen molar-refractivity contribution in [2.75, 3.05) is 5.32 Å². The minimum Gasteiger partial charge on any atom is -0.305 e. The molecule has 4 aromatic rings. The molecule has 0 atom stereocenters. The molecule has 0 bridgehead atoms. The second kappa shape index (κ2) is 5.45. The molecule has 4 rings (SSSR count). The van der Waals surface area contributed by atoms with Crippen molar-refractivity contribution in [1.29, 1.82) is 0 Å². The number of hydrogen-bond acceptors (Lipinski definition) is 3. The number of carbonyl (C=O) groups excluding carboxylic acids is 1. The summed E-state index contributed by atoms with van der Waals surface area (Å²) in [4.78, 5) is 17.1. The summed E-state index contributed by atoms with van der Waals surface area (Å²) in [5, 5.41) is 9.18. The van der Waals surface area contributed by atoms with Crippen molar-refractivity contribution in [2.45, 2.75) is 6.92 Å². The first-order valence-electron chi connectivity index (χ1n) is 7.72. The monoisotopic (exact) mass is 316 g/mol. The van der Waals surface area contributed by atoms with E-state index in [0.717, 1.165) is 21.9 Å². The highest BCUT2D eigenvalue weighted by Gasteiger charge is 2.14. The first-order valence-corrected chi connectivity index (χ1v) is 7.72. The molecule has 0 saturated heterocycles. The number of amides is 1. The lowest BCUT2D eigenvalue weighted by Gasteiger charge is -2.03. The van der Waals surface area contributed by atoms with E-state index in [-0.39, 0.29) is 5.91 Å². The van der Waals surface area contributed by atoms with Crippen LogP contribution >= 0.6 is 0 Å². The van der Waals surface area contributed by atoms with Crippen LogP contribution in [0.5, 0.6) is 0 Å². The van der Waals surface area contributed by atoms with Crippen molar-refractivity contribution in [2.24, 2.45) is 7.05 Å². The Morgan fingerprint density at radius 3 is 2.67 bits per heavy atom. The maximum absolute atomic E-state index is 12.4. The highest BCUT2D eigenvalue weighted by Crippen LogP contribution is 2.26. The highest BCUT2D eigenvalue weighted by atomic mass is 16.1. The third kappa shape index (κ3) is 2.40. The molecule has 0 unspecified atom stereocenters. The summed E-state index contributed by atoms with van der Waals surface area (Å²) in [6.07, 6.45) is 0. The summed E-state index contributed by atoms with van der Waals surface area (Å²) in [6.45, 7) is 2.05. The third-order valence-electron chi connectivity index (χ3n) is 4.03. The van der Waals surface area contributed by atoms with Crippen LogP contribution in [-0.4, -0.2) is 20.7 Å². The number of benzene rings is 2. The number of hydrogen-bond donors (Lipinski definition) is 1. The Hall–Kier alpha value is -3.21. The van der Waals surface area contributed by atoms with Crippen molar-refractivity contribution in [1.82, 2.24) is 14.8 Å². The Bertz CT molecular complexity index is 1070. The summed E-state index contributed by atoms with van der Waals surface area (Å²) >= 11 is 0. The molecule has 1 N–H and O–H groups in total. The number of fused-ring (bicyclic) bond motifs is 2. The molecule has 5 heteroatoms. The molecule has 0 aliphatic carbocycles. The maximum atomic E-state index is 12.4. The molecule has 2 aromatic heterocycles. The number of aromatic nitrogens is 3. The van der Waals surface area contributed by atoms with Gasteiger partial charge >= 0.3 is 0 Å². The fraction of sp³-hybridized carbons (Fsp3) is 0.105. The molecule has 2 heterocycles. The van der Waals surface area contributed by atoms with Gasteiger partial charge in [-0.3, -0.25) is 4.79 Å². The van der Waals surface area contributed by atoms with E-state index in [1.807, 2.05) is 50.4 Å². The van der Waals surface area contributed by atoms with E-state index in [2.05, 4.69) is 21.5 Å². The average Bonchev–Trinajstić information content (AvgIpc) is 2.89. The van der Waals surface area contributed by atoms with Gasteiger partial charge in [0.2, 0.25) is 0 Å². The van der Waals surface area contributed by atoms with Gasteiger partial charge in [-0.2, -0.15) is 5.10 Å². The number of nitrogens with one attached hydrogen (secondary N) is 1. The van der Waals surface area contributed by atoms with Gasteiger partial charge in [0.1, 0.15) is 0 Å². The van der Waals surface area contributed by atoms with Crippen LogP contribution in [0.15, 0.2) is 54.6 Å². The molecular formula is C19H16N4O. The third-order valence-corrected chi connectivity index (χ3v) is 4.03. The zero-order chi connectivity index (χ0) is 16.7. The van der Waals surface area contributed by atoms with Crippen LogP contribution in [-0.2, 0) is 7.05 Å². The van der Waals surface area contributed by atoms with Gasteiger partial charge in [0.15, 0.2) is 11.5 Å². The van der Waals surface area contributed by atoms with Gasteiger partial charge in [0.25, 0.3) is 5.91 Å². The van der Waals surface area contributed by atoms with Gasteiger partial charge in [0.05, 0.1) is 10.9 Å². The van der Waals surface area contributed by atoms with Gasteiger partial charge in [-0.1, -0.05) is 29.8 Å². The molecule has 0 spiro atoms. The minimum absolute atomic E-state index is 0.181. The van der Waals surface area contributed by atoms with Crippen molar-refractivity contribution < 1.29 is 4.79 Å². The Morgan fingerprint density at radius 2 is 1.88 bits per heavy atom. The van der Waals surface area contributed by atoms with Gasteiger partial charge in [-0.25, -0.2) is 9.67 Å². The molecule has 0 saturated carbocycles. The molecule has 0 radical (unpaired) electrons. The molecule has 24 heavy (non-hydrogen) atoms. The highest BCUT2D eigenvalue weighted by molar-refractivity contribution is 6.08. The van der Waals surface area contributed by atoms with E-state index < -0.39 is 0 Å². The van der Waals surface area contributed by atoms with Gasteiger partial charge < -0.3 is 5.32 Å². The maximum Gasteiger partial charge on any atom is 0.256 e. The van der Waals surface area contributed by atoms with Gasteiger partial charge in [0, 0.05) is 18.0 Å². The smallest absolute Gasteiger partial charge is 0.256 e. The van der Waals surface area contributed by atoms with Crippen molar-refractivity contribution in [3.63, 3.8) is 0 Å². The summed E-state index contributed by atoms with van der Waals surface area (Å²) in [5.41, 5.74) is 3.43. The zero-order valence-electron chi connectivity index (χ0n) is 13.4. The van der Waals surface area contributed by atoms with Crippen LogP contribution in [0.4, 0.5) is 5.82 Å². The van der Waals surface area contributed by atoms with Gasteiger partial charge in [-0.15, -0.1) is 0 Å². The quantitative estimate of drug-likeness (QED) is 0.613. The summed E-state index contributed by atoms with van der Waals surface area (Å²) < 4.78 is 1.69. The van der Waals surface area contributed by atoms with Crippen molar-refractivity contribution >= 4 is 33.7 Å². The second-order valence-corrected chi connectivity index (χ2v) is 5.85. The van der Waals surface area contributed by atoms with E-state index in [0.29, 0.717) is 11.4 Å². The molecule has 5 nitrogen and oxygen atoms in total. The van der Waals surface area contributed by atoms with Crippen molar-refractivity contribution in [3.8, 4) is 0 Å². The first-order chi connectivity index (χ1) is 11.6. The lowest BCUT2D eigenvalue weighted by atomic mass is 10.1. The van der Waals surface area contributed by atoms with Crippen LogP contribution in [0, 0.1) is 6.92 Å². The van der Waals surface area contributed by atoms with E-state index in [9.17, 15) is 4.79 Å². The number of nitrogens with zero attached hydrogens (tertiary/aromatic N) is 3. The number of pyridine rings is 1. The standard InChI is InChI=1S/C19H16N4O/c1-12-8-9-16-14(10-12)11-15-17(22-23(2)18(15)20-16)21-19(24)13-6-4-3-5-7-13/h3-11H,1-2H3,(H,21,22,24). The molecule has 1 amide bonds. The van der Waals surface area contributed by atoms with E-state index in [1.54, 1.807) is 16.8 Å². The summed E-state index contributed by atoms with van der Waals surface area (Å²) in [5.74, 6) is 0.345. The average molecular weight is 316 g/mol. The predicted molar refractivity (Wildman–Crippen MR) is 95.1 cm³/mol. The largest absolute Gasteiger partial charge is 0.305 e. The van der Waals surface area contributed by atoms with Crippen LogP contribution in [0.2, 0.25) is 0 Å². The Balaban J connectivity index is 1.82. The molecule has 0 aliphatic heterocycles. The number of carbonyl (C=O) groups is 1. The normalized spacial score (nSPS) is 11.1. The SMILES string of the molecule is Cc1ccc2nc3c(cc2c1)c(NC(=O)c1ccccc1)nn3C. The fourth-order valence-electron chi connectivity index (χ4n) is 2.82. The number of aryl methyl sites for hydroxylation is 2. The Morgan fingerprint density at radius 1 is 1.08 bits per heavy atom. The molecule has 0 fully saturated rings. The van der Waals surface area contributed by atoms with Crippen LogP contribution in [0.25, 0.3) is 21.9 Å². The first kappa shape index (κ1) is 14.4. The van der Waals surface area contributed by atoms with Crippen LogP contribution in [0.3, 0.4) is 0 Å². The predicted octanol–water partition coefficient (Wildman–Crippen LogP) is 3.68. The van der Waals surface area contributed by atoms with Crippen molar-refractivity contribution in [3.05, 3.63) is 65.7 Å². The topological polar surface area (TPSA) is 59.8 Å². The Labute approximate surface area is 138 Å². The second-order valence-electron chi connectivity index (χ2n) is 5.85. The lowest BCUT2D eigenvalue weighted by Crippen LogP contribution is -2.12. The van der Waals surface area contributed by atoms with Gasteiger partial charge in [-0.05, 0) is 37.3 Å². The lowest BCUT2D eigenvalue weighted by molar-refractivity contribution is 0.102. The number of anilines is 1. The van der Waals surface area contributed by atoms with E-state index in [4.69, 9.17) is 0 Å². The minimum atomic E-state index is -0.181. The molecular weight excluding hydrogens is 300 g/mol. The zero-order valence-corrected chi connectivity index (χ0v) is 13.4. The number of rotatable bonds is 2.